The zero-order valence-corrected chi connectivity index (χ0v) is 5.26. The first kappa shape index (κ1) is 7.23. The molecule has 4 heteroatoms. The minimum atomic E-state index is -0.396. The second-order valence-corrected chi connectivity index (χ2v) is 1.47. The summed E-state index contributed by atoms with van der Waals surface area (Å²) in [6.45, 7) is 0. The molecule has 1 amide bonds. The Morgan fingerprint density at radius 2 is 2.12 bits per heavy atom. The molecule has 0 radical (unpaired) electrons. The number of carbonyl (C=O) groups is 1. The van der Waals surface area contributed by atoms with Crippen LogP contribution in [0.2, 0.25) is 0 Å². The molecule has 0 aromatic heterocycles. The van der Waals surface area contributed by atoms with Crippen molar-refractivity contribution in [2.24, 2.45) is 0 Å². The van der Waals surface area contributed by atoms with Gasteiger partial charge in [-0.05, 0) is 0 Å². The lowest BCUT2D eigenvalue weighted by Gasteiger charge is -2.07. The lowest BCUT2D eigenvalue weighted by Crippen LogP contribution is -2.27. The van der Waals surface area contributed by atoms with Gasteiger partial charge in [0, 0.05) is 21.1 Å². The van der Waals surface area contributed by atoms with Gasteiger partial charge in [-0.1, -0.05) is 0 Å². The van der Waals surface area contributed by atoms with E-state index in [-0.39, 0.29) is 0 Å². The highest BCUT2D eigenvalue weighted by Gasteiger charge is 2.00. The molecular formula is C4H10N2O2. The third kappa shape index (κ3) is 2.41. The van der Waals surface area contributed by atoms with Crippen molar-refractivity contribution in [1.29, 1.82) is 0 Å². The zero-order valence-electron chi connectivity index (χ0n) is 5.26. The van der Waals surface area contributed by atoms with Crippen LogP contribution in [-0.2, 0) is 4.84 Å². The highest BCUT2D eigenvalue weighted by Crippen LogP contribution is 1.78. The minimum absolute atomic E-state index is 0.396. The van der Waals surface area contributed by atoms with Crippen LogP contribution >= 0.6 is 0 Å². The number of nitrogens with zero attached hydrogens (tertiary/aromatic N) is 1. The Balaban J connectivity index is 3.33. The molecule has 0 aliphatic carbocycles. The van der Waals surface area contributed by atoms with E-state index in [4.69, 9.17) is 0 Å². The summed E-state index contributed by atoms with van der Waals surface area (Å²) in [7, 11) is 4.75. The van der Waals surface area contributed by atoms with Crippen LogP contribution in [0.25, 0.3) is 0 Å². The molecule has 0 aromatic rings. The van der Waals surface area contributed by atoms with Crippen LogP contribution in [0.3, 0.4) is 0 Å². The smallest absolute Gasteiger partial charge is 0.354 e. The first-order valence-corrected chi connectivity index (χ1v) is 2.23. The summed E-state index contributed by atoms with van der Waals surface area (Å²) in [5, 5.41) is 0. The Labute approximate surface area is 48.4 Å². The molecule has 0 fully saturated rings. The van der Waals surface area contributed by atoms with Gasteiger partial charge in [0.1, 0.15) is 0 Å². The monoisotopic (exact) mass is 118 g/mol. The average Bonchev–Trinajstić information content (AvgIpc) is 1.67. The first-order valence-electron chi connectivity index (χ1n) is 2.23. The fourth-order valence-electron chi connectivity index (χ4n) is 0.179. The van der Waals surface area contributed by atoms with E-state index in [9.17, 15) is 4.79 Å². The molecule has 0 spiro atoms. The zero-order chi connectivity index (χ0) is 6.57. The maximum atomic E-state index is 10.4. The van der Waals surface area contributed by atoms with Crippen LogP contribution in [0.5, 0.6) is 0 Å². The third-order valence-corrected chi connectivity index (χ3v) is 0.555. The topological polar surface area (TPSA) is 41.6 Å². The second kappa shape index (κ2) is 3.26. The molecule has 0 unspecified atom stereocenters. The SMILES string of the molecule is CNOC(=O)N(C)C. The predicted octanol–water partition coefficient (Wildman–Crippen LogP) is -0.181. The number of carbonyl (C=O) groups excluding carboxylic acids is 1. The number of rotatable bonds is 1. The highest BCUT2D eigenvalue weighted by atomic mass is 16.7. The standard InChI is InChI=1S/C4H10N2O2/c1-5-8-4(7)6(2)3/h5H,1-3H3. The van der Waals surface area contributed by atoms with Gasteiger partial charge in [-0.15, -0.1) is 0 Å². The first-order chi connectivity index (χ1) is 3.68. The summed E-state index contributed by atoms with van der Waals surface area (Å²) in [4.78, 5) is 16.1. The summed E-state index contributed by atoms with van der Waals surface area (Å²) in [6.07, 6.45) is -0.396. The summed E-state index contributed by atoms with van der Waals surface area (Å²) in [5.41, 5.74) is 2.26. The van der Waals surface area contributed by atoms with Gasteiger partial charge in [0.25, 0.3) is 0 Å². The van der Waals surface area contributed by atoms with Crippen LogP contribution in [0.4, 0.5) is 4.79 Å². The number of hydrogen-bond donors (Lipinski definition) is 1. The van der Waals surface area contributed by atoms with Crippen LogP contribution in [0, 0.1) is 0 Å². The summed E-state index contributed by atoms with van der Waals surface area (Å²) in [6, 6.07) is 0. The van der Waals surface area contributed by atoms with E-state index in [0.717, 1.165) is 0 Å². The largest absolute Gasteiger partial charge is 0.428 e. The van der Waals surface area contributed by atoms with Crippen LogP contribution in [0.1, 0.15) is 0 Å². The van der Waals surface area contributed by atoms with Crippen molar-refractivity contribution in [2.45, 2.75) is 0 Å². The van der Waals surface area contributed by atoms with Gasteiger partial charge in [0.05, 0.1) is 0 Å². The van der Waals surface area contributed by atoms with Gasteiger partial charge in [-0.25, -0.2) is 4.79 Å². The van der Waals surface area contributed by atoms with E-state index in [1.54, 1.807) is 14.1 Å². The van der Waals surface area contributed by atoms with Crippen molar-refractivity contribution < 1.29 is 9.63 Å². The van der Waals surface area contributed by atoms with Gasteiger partial charge in [-0.3, -0.25) is 0 Å². The van der Waals surface area contributed by atoms with Crippen LogP contribution in [0.15, 0.2) is 0 Å². The fraction of sp³-hybridized carbons (Fsp3) is 0.750. The molecule has 0 saturated carbocycles. The average molecular weight is 118 g/mol. The quantitative estimate of drug-likeness (QED) is 0.485. The van der Waals surface area contributed by atoms with Crippen molar-refractivity contribution in [1.82, 2.24) is 10.4 Å². The third-order valence-electron chi connectivity index (χ3n) is 0.555. The molecule has 0 aliphatic rings. The van der Waals surface area contributed by atoms with E-state index in [0.29, 0.717) is 0 Å². The van der Waals surface area contributed by atoms with Crippen molar-refractivity contribution >= 4 is 6.09 Å². The van der Waals surface area contributed by atoms with E-state index in [1.807, 2.05) is 0 Å². The molecular weight excluding hydrogens is 108 g/mol. The van der Waals surface area contributed by atoms with Crippen molar-refractivity contribution in [3.63, 3.8) is 0 Å². The van der Waals surface area contributed by atoms with Gasteiger partial charge in [0.2, 0.25) is 0 Å². The molecule has 8 heavy (non-hydrogen) atoms. The Kier molecular flexibility index (Phi) is 2.95. The molecule has 48 valence electrons. The van der Waals surface area contributed by atoms with Crippen LogP contribution in [-0.4, -0.2) is 32.1 Å². The predicted molar refractivity (Wildman–Crippen MR) is 29.2 cm³/mol. The molecule has 1 N–H and O–H groups in total. The Morgan fingerprint density at radius 1 is 1.62 bits per heavy atom. The second-order valence-electron chi connectivity index (χ2n) is 1.47. The van der Waals surface area contributed by atoms with Crippen molar-refractivity contribution in [3.8, 4) is 0 Å². The summed E-state index contributed by atoms with van der Waals surface area (Å²) in [5.74, 6) is 0. The van der Waals surface area contributed by atoms with E-state index >= 15 is 0 Å². The molecule has 0 aromatic carbocycles. The van der Waals surface area contributed by atoms with Crippen molar-refractivity contribution in [3.05, 3.63) is 0 Å². The Bertz CT molecular complexity index is 82.1. The van der Waals surface area contributed by atoms with Gasteiger partial charge < -0.3 is 9.74 Å². The van der Waals surface area contributed by atoms with Gasteiger partial charge >= 0.3 is 6.09 Å². The normalized spacial score (nSPS) is 8.38. The number of hydrogen-bond acceptors (Lipinski definition) is 3. The van der Waals surface area contributed by atoms with Gasteiger partial charge in [0.15, 0.2) is 0 Å². The lowest BCUT2D eigenvalue weighted by atomic mass is 10.9. The summed E-state index contributed by atoms with van der Waals surface area (Å²) >= 11 is 0. The highest BCUT2D eigenvalue weighted by molar-refractivity contribution is 5.66. The maximum Gasteiger partial charge on any atom is 0.428 e. The Hall–Kier alpha value is -0.770. The number of hydroxylamine groups is 1. The molecule has 0 atom stereocenters. The van der Waals surface area contributed by atoms with Crippen LogP contribution < -0.4 is 5.48 Å². The molecule has 0 saturated heterocycles. The Morgan fingerprint density at radius 3 is 2.25 bits per heavy atom. The van der Waals surface area contributed by atoms with Gasteiger partial charge in [-0.2, -0.15) is 5.48 Å². The molecule has 4 nitrogen and oxygen atoms in total. The number of amides is 1. The van der Waals surface area contributed by atoms with E-state index in [2.05, 4.69) is 10.3 Å². The fourth-order valence-corrected chi connectivity index (χ4v) is 0.179. The molecule has 0 rings (SSSR count). The van der Waals surface area contributed by atoms with E-state index < -0.39 is 6.09 Å². The minimum Gasteiger partial charge on any atom is -0.354 e. The molecule has 0 aliphatic heterocycles. The van der Waals surface area contributed by atoms with Crippen molar-refractivity contribution in [2.75, 3.05) is 21.1 Å². The number of nitrogens with one attached hydrogen (secondary N) is 1. The summed E-state index contributed by atoms with van der Waals surface area (Å²) < 4.78 is 0. The molecule has 0 bridgehead atoms. The van der Waals surface area contributed by atoms with E-state index in [1.165, 1.54) is 11.9 Å². The maximum absolute atomic E-state index is 10.4. The molecule has 0 heterocycles. The lowest BCUT2D eigenvalue weighted by molar-refractivity contribution is 0.0781.